The molecule has 0 bridgehead atoms. The molecule has 0 aromatic carbocycles. The fourth-order valence-corrected chi connectivity index (χ4v) is 0.678. The van der Waals surface area contributed by atoms with Crippen molar-refractivity contribution in [3.8, 4) is 0 Å². The minimum atomic E-state index is -1.10. The molecule has 4 nitrogen and oxygen atoms in total. The number of rotatable bonds is 2. The Morgan fingerprint density at radius 3 is 3.00 bits per heavy atom. The quantitative estimate of drug-likeness (QED) is 0.628. The summed E-state index contributed by atoms with van der Waals surface area (Å²) in [5.41, 5.74) is 0.391. The van der Waals surface area contributed by atoms with Crippen molar-refractivity contribution in [1.82, 2.24) is 15.0 Å². The smallest absolute Gasteiger partial charge is 0.125 e. The Labute approximate surface area is 57.3 Å². The van der Waals surface area contributed by atoms with Crippen LogP contribution in [0.2, 0.25) is 0 Å². The highest BCUT2D eigenvalue weighted by Crippen LogP contribution is 2.08. The van der Waals surface area contributed by atoms with Gasteiger partial charge in [-0.05, 0) is 0 Å². The summed E-state index contributed by atoms with van der Waals surface area (Å²) in [6.07, 6.45) is 0.240. The van der Waals surface area contributed by atoms with E-state index in [4.69, 9.17) is 5.11 Å². The van der Waals surface area contributed by atoms with Crippen molar-refractivity contribution in [2.75, 3.05) is 6.67 Å². The number of aliphatic hydroxyl groups is 1. The minimum Gasteiger partial charge on any atom is -0.384 e. The summed E-state index contributed by atoms with van der Waals surface area (Å²) in [7, 11) is 1.60. The van der Waals surface area contributed by atoms with E-state index in [9.17, 15) is 4.39 Å². The van der Waals surface area contributed by atoms with Gasteiger partial charge in [0.05, 0.1) is 11.9 Å². The van der Waals surface area contributed by atoms with E-state index in [0.29, 0.717) is 5.69 Å². The molecule has 1 aromatic heterocycles. The number of aromatic nitrogens is 3. The Bertz CT molecular complexity index is 212. The third-order valence-electron chi connectivity index (χ3n) is 1.24. The van der Waals surface area contributed by atoms with Crippen molar-refractivity contribution < 1.29 is 9.50 Å². The van der Waals surface area contributed by atoms with Crippen LogP contribution in [0.15, 0.2) is 6.20 Å². The fourth-order valence-electron chi connectivity index (χ4n) is 0.678. The molecule has 0 aliphatic carbocycles. The first-order valence-corrected chi connectivity index (χ1v) is 2.84. The molecule has 0 amide bonds. The van der Waals surface area contributed by atoms with Crippen molar-refractivity contribution in [2.24, 2.45) is 7.05 Å². The summed E-state index contributed by atoms with van der Waals surface area (Å²) in [5.74, 6) is 0. The largest absolute Gasteiger partial charge is 0.384 e. The third kappa shape index (κ3) is 1.13. The molecular weight excluding hydrogens is 137 g/mol. The van der Waals surface area contributed by atoms with E-state index in [-0.39, 0.29) is 0 Å². The van der Waals surface area contributed by atoms with Crippen LogP contribution in [0.3, 0.4) is 0 Å². The van der Waals surface area contributed by atoms with E-state index in [2.05, 4.69) is 10.3 Å². The summed E-state index contributed by atoms with van der Waals surface area (Å²) < 4.78 is 13.1. The molecule has 1 atom stereocenters. The molecule has 0 saturated carbocycles. The highest BCUT2D eigenvalue weighted by Gasteiger charge is 2.10. The van der Waals surface area contributed by atoms with Gasteiger partial charge in [-0.1, -0.05) is 5.21 Å². The van der Waals surface area contributed by atoms with E-state index in [1.807, 2.05) is 0 Å². The van der Waals surface area contributed by atoms with Gasteiger partial charge in [-0.2, -0.15) is 0 Å². The van der Waals surface area contributed by atoms with Gasteiger partial charge in [0.25, 0.3) is 0 Å². The zero-order valence-corrected chi connectivity index (χ0v) is 5.53. The topological polar surface area (TPSA) is 50.9 Å². The van der Waals surface area contributed by atoms with Crippen molar-refractivity contribution >= 4 is 0 Å². The standard InChI is InChI=1S/C5H8FN3O/c1-9-4(3-7-8-9)5(10)2-6/h3,5,10H,2H2,1H3. The molecule has 0 aliphatic rings. The normalized spacial score (nSPS) is 13.5. The second kappa shape index (κ2) is 2.74. The van der Waals surface area contributed by atoms with Crippen molar-refractivity contribution in [2.45, 2.75) is 6.10 Å². The van der Waals surface area contributed by atoms with E-state index >= 15 is 0 Å². The Balaban J connectivity index is 2.82. The summed E-state index contributed by atoms with van der Waals surface area (Å²) in [6, 6.07) is 0. The molecule has 0 radical (unpaired) electrons. The van der Waals surface area contributed by atoms with Crippen LogP contribution >= 0.6 is 0 Å². The predicted molar refractivity (Wildman–Crippen MR) is 31.9 cm³/mol. The van der Waals surface area contributed by atoms with E-state index in [1.165, 1.54) is 10.9 Å². The number of alkyl halides is 1. The average Bonchev–Trinajstić information content (AvgIpc) is 2.34. The molecule has 10 heavy (non-hydrogen) atoms. The molecule has 0 spiro atoms. The van der Waals surface area contributed by atoms with Gasteiger partial charge in [0, 0.05) is 7.05 Å². The van der Waals surface area contributed by atoms with Crippen LogP contribution in [0.4, 0.5) is 4.39 Å². The molecule has 5 heteroatoms. The highest BCUT2D eigenvalue weighted by atomic mass is 19.1. The van der Waals surface area contributed by atoms with E-state index in [0.717, 1.165) is 0 Å². The molecule has 0 saturated heterocycles. The van der Waals surface area contributed by atoms with Crippen LogP contribution in [0.1, 0.15) is 11.8 Å². The first kappa shape index (κ1) is 7.14. The Hall–Kier alpha value is -0.970. The molecule has 1 aromatic rings. The number of halogens is 1. The summed E-state index contributed by atoms with van der Waals surface area (Å²) in [4.78, 5) is 0. The molecule has 0 aliphatic heterocycles. The van der Waals surface area contributed by atoms with E-state index in [1.54, 1.807) is 7.05 Å². The molecule has 1 N–H and O–H groups in total. The second-order valence-corrected chi connectivity index (χ2v) is 1.95. The molecular formula is C5H8FN3O. The molecule has 1 heterocycles. The van der Waals surface area contributed by atoms with Gasteiger partial charge in [0.2, 0.25) is 0 Å². The molecule has 1 rings (SSSR count). The van der Waals surface area contributed by atoms with Crippen LogP contribution in [0.25, 0.3) is 0 Å². The van der Waals surface area contributed by atoms with Gasteiger partial charge < -0.3 is 5.11 Å². The molecule has 0 fully saturated rings. The Kier molecular flexibility index (Phi) is 1.96. The Morgan fingerprint density at radius 1 is 1.90 bits per heavy atom. The van der Waals surface area contributed by atoms with Crippen LogP contribution in [0.5, 0.6) is 0 Å². The summed E-state index contributed by atoms with van der Waals surface area (Å²) in [6.45, 7) is -0.804. The lowest BCUT2D eigenvalue weighted by atomic mass is 10.3. The molecule has 1 unspecified atom stereocenters. The third-order valence-corrected chi connectivity index (χ3v) is 1.24. The van der Waals surface area contributed by atoms with Crippen molar-refractivity contribution in [3.05, 3.63) is 11.9 Å². The maximum atomic E-state index is 11.8. The summed E-state index contributed by atoms with van der Waals surface area (Å²) >= 11 is 0. The maximum absolute atomic E-state index is 11.8. The number of aliphatic hydroxyl groups excluding tert-OH is 1. The Morgan fingerprint density at radius 2 is 2.60 bits per heavy atom. The first-order chi connectivity index (χ1) is 4.75. The summed E-state index contributed by atoms with van der Waals surface area (Å²) in [5, 5.41) is 15.9. The minimum absolute atomic E-state index is 0.391. The van der Waals surface area contributed by atoms with Gasteiger partial charge in [0.15, 0.2) is 0 Å². The number of hydrogen-bond donors (Lipinski definition) is 1. The fraction of sp³-hybridized carbons (Fsp3) is 0.600. The second-order valence-electron chi connectivity index (χ2n) is 1.95. The zero-order chi connectivity index (χ0) is 7.56. The first-order valence-electron chi connectivity index (χ1n) is 2.84. The lowest BCUT2D eigenvalue weighted by Gasteiger charge is -2.03. The zero-order valence-electron chi connectivity index (χ0n) is 5.53. The van der Waals surface area contributed by atoms with Gasteiger partial charge in [-0.25, -0.2) is 9.07 Å². The van der Waals surface area contributed by atoms with Gasteiger partial charge >= 0.3 is 0 Å². The lowest BCUT2D eigenvalue weighted by Crippen LogP contribution is -2.06. The molecule has 56 valence electrons. The number of hydrogen-bond acceptors (Lipinski definition) is 3. The van der Waals surface area contributed by atoms with Crippen molar-refractivity contribution in [1.29, 1.82) is 0 Å². The maximum Gasteiger partial charge on any atom is 0.125 e. The predicted octanol–water partition coefficient (Wildman–Crippen LogP) is -0.182. The number of nitrogens with zero attached hydrogens (tertiary/aromatic N) is 3. The highest BCUT2D eigenvalue weighted by molar-refractivity contribution is 4.97. The SMILES string of the molecule is Cn1nncc1C(O)CF. The lowest BCUT2D eigenvalue weighted by molar-refractivity contribution is 0.133. The van der Waals surface area contributed by atoms with Gasteiger partial charge in [-0.3, -0.25) is 0 Å². The monoisotopic (exact) mass is 145 g/mol. The van der Waals surface area contributed by atoms with Crippen LogP contribution < -0.4 is 0 Å². The average molecular weight is 145 g/mol. The van der Waals surface area contributed by atoms with Crippen LogP contribution in [-0.4, -0.2) is 26.8 Å². The van der Waals surface area contributed by atoms with Crippen LogP contribution in [0, 0.1) is 0 Å². The number of aryl methyl sites for hydroxylation is 1. The van der Waals surface area contributed by atoms with Gasteiger partial charge in [-0.15, -0.1) is 5.10 Å². The van der Waals surface area contributed by atoms with Crippen molar-refractivity contribution in [3.63, 3.8) is 0 Å². The van der Waals surface area contributed by atoms with Gasteiger partial charge in [0.1, 0.15) is 12.8 Å². The van der Waals surface area contributed by atoms with E-state index < -0.39 is 12.8 Å². The van der Waals surface area contributed by atoms with Crippen LogP contribution in [-0.2, 0) is 7.05 Å².